The normalized spacial score (nSPS) is 24.0. The SMILES string of the molecule is O=C1NCCCC1c1ccc2c(c1)CCC2. The number of hydrogen-bond acceptors (Lipinski definition) is 1. The molecule has 16 heavy (non-hydrogen) atoms. The van der Waals surface area contributed by atoms with E-state index in [4.69, 9.17) is 0 Å². The number of rotatable bonds is 1. The summed E-state index contributed by atoms with van der Waals surface area (Å²) in [5.74, 6) is 0.309. The highest BCUT2D eigenvalue weighted by molar-refractivity contribution is 5.84. The molecule has 1 aliphatic heterocycles. The first kappa shape index (κ1) is 9.88. The van der Waals surface area contributed by atoms with E-state index < -0.39 is 0 Å². The lowest BCUT2D eigenvalue weighted by molar-refractivity contribution is -0.123. The van der Waals surface area contributed by atoms with Crippen molar-refractivity contribution in [1.82, 2.24) is 5.32 Å². The van der Waals surface area contributed by atoms with Crippen molar-refractivity contribution in [2.45, 2.75) is 38.0 Å². The Hall–Kier alpha value is -1.31. The molecule has 1 aliphatic carbocycles. The molecule has 2 nitrogen and oxygen atoms in total. The second-order valence-electron chi connectivity index (χ2n) is 4.87. The van der Waals surface area contributed by atoms with Crippen LogP contribution in [0.1, 0.15) is 41.9 Å². The molecule has 84 valence electrons. The quantitative estimate of drug-likeness (QED) is 0.764. The monoisotopic (exact) mass is 215 g/mol. The predicted octanol–water partition coefficient (Wildman–Crippen LogP) is 2.17. The minimum Gasteiger partial charge on any atom is -0.356 e. The largest absolute Gasteiger partial charge is 0.356 e. The fraction of sp³-hybridized carbons (Fsp3) is 0.500. The van der Waals surface area contributed by atoms with Crippen LogP contribution in [0.4, 0.5) is 0 Å². The summed E-state index contributed by atoms with van der Waals surface area (Å²) in [6.45, 7) is 0.847. The van der Waals surface area contributed by atoms with Crippen LogP contribution < -0.4 is 5.32 Å². The van der Waals surface area contributed by atoms with E-state index in [1.807, 2.05) is 0 Å². The van der Waals surface area contributed by atoms with Gasteiger partial charge in [0.25, 0.3) is 0 Å². The first-order valence-electron chi connectivity index (χ1n) is 6.24. The average Bonchev–Trinajstić information content (AvgIpc) is 2.76. The zero-order chi connectivity index (χ0) is 11.0. The Morgan fingerprint density at radius 1 is 1.12 bits per heavy atom. The molecule has 0 radical (unpaired) electrons. The number of amides is 1. The molecule has 1 aromatic carbocycles. The van der Waals surface area contributed by atoms with Gasteiger partial charge in [-0.05, 0) is 48.8 Å². The van der Waals surface area contributed by atoms with Crippen LogP contribution >= 0.6 is 0 Å². The molecule has 1 atom stereocenters. The molecule has 1 aromatic rings. The highest BCUT2D eigenvalue weighted by atomic mass is 16.1. The van der Waals surface area contributed by atoms with Crippen LogP contribution in [-0.2, 0) is 17.6 Å². The number of aryl methyl sites for hydroxylation is 2. The van der Waals surface area contributed by atoms with E-state index >= 15 is 0 Å². The maximum absolute atomic E-state index is 11.8. The van der Waals surface area contributed by atoms with Gasteiger partial charge in [0.2, 0.25) is 5.91 Å². The molecule has 0 bridgehead atoms. The van der Waals surface area contributed by atoms with E-state index in [1.165, 1.54) is 36.0 Å². The Bertz CT molecular complexity index is 425. The number of piperidine rings is 1. The van der Waals surface area contributed by atoms with Crippen molar-refractivity contribution in [3.05, 3.63) is 34.9 Å². The Labute approximate surface area is 96.1 Å². The van der Waals surface area contributed by atoms with Gasteiger partial charge in [0.05, 0.1) is 5.92 Å². The van der Waals surface area contributed by atoms with Crippen LogP contribution in [0.2, 0.25) is 0 Å². The van der Waals surface area contributed by atoms with Crippen molar-refractivity contribution in [2.75, 3.05) is 6.54 Å². The molecule has 1 fully saturated rings. The molecule has 1 unspecified atom stereocenters. The van der Waals surface area contributed by atoms with E-state index in [2.05, 4.69) is 23.5 Å². The molecule has 1 N–H and O–H groups in total. The molecule has 1 amide bonds. The van der Waals surface area contributed by atoms with Gasteiger partial charge in [-0.25, -0.2) is 0 Å². The molecule has 0 aromatic heterocycles. The summed E-state index contributed by atoms with van der Waals surface area (Å²) in [5.41, 5.74) is 4.17. The summed E-state index contributed by atoms with van der Waals surface area (Å²) in [7, 11) is 0. The molecular weight excluding hydrogens is 198 g/mol. The number of fused-ring (bicyclic) bond motifs is 1. The topological polar surface area (TPSA) is 29.1 Å². The van der Waals surface area contributed by atoms with E-state index in [1.54, 1.807) is 0 Å². The van der Waals surface area contributed by atoms with Gasteiger partial charge in [0.15, 0.2) is 0 Å². The van der Waals surface area contributed by atoms with Gasteiger partial charge in [-0.15, -0.1) is 0 Å². The maximum atomic E-state index is 11.8. The van der Waals surface area contributed by atoms with Gasteiger partial charge in [0, 0.05) is 6.54 Å². The highest BCUT2D eigenvalue weighted by Crippen LogP contribution is 2.29. The molecule has 2 aliphatic rings. The Morgan fingerprint density at radius 3 is 2.88 bits per heavy atom. The number of hydrogen-bond donors (Lipinski definition) is 1. The zero-order valence-electron chi connectivity index (χ0n) is 9.46. The van der Waals surface area contributed by atoms with Crippen molar-refractivity contribution >= 4 is 5.91 Å². The van der Waals surface area contributed by atoms with E-state index in [0.717, 1.165) is 19.4 Å². The number of carbonyl (C=O) groups is 1. The lowest BCUT2D eigenvalue weighted by Gasteiger charge is -2.22. The summed E-state index contributed by atoms with van der Waals surface area (Å²) in [5, 5.41) is 2.96. The third-order valence-electron chi connectivity index (χ3n) is 3.81. The van der Waals surface area contributed by atoms with Gasteiger partial charge in [-0.1, -0.05) is 18.2 Å². The molecular formula is C14H17NO. The van der Waals surface area contributed by atoms with Gasteiger partial charge in [-0.2, -0.15) is 0 Å². The summed E-state index contributed by atoms with van der Waals surface area (Å²) in [6.07, 6.45) is 5.79. The van der Waals surface area contributed by atoms with Crippen molar-refractivity contribution < 1.29 is 4.79 Å². The van der Waals surface area contributed by atoms with Crippen LogP contribution in [-0.4, -0.2) is 12.5 Å². The molecule has 0 saturated carbocycles. The van der Waals surface area contributed by atoms with E-state index in [9.17, 15) is 4.79 Å². The first-order valence-corrected chi connectivity index (χ1v) is 6.24. The zero-order valence-corrected chi connectivity index (χ0v) is 9.46. The number of nitrogens with one attached hydrogen (secondary N) is 1. The molecule has 1 saturated heterocycles. The molecule has 3 rings (SSSR count). The Kier molecular flexibility index (Phi) is 2.43. The minimum atomic E-state index is 0.0969. The van der Waals surface area contributed by atoms with E-state index in [0.29, 0.717) is 0 Å². The summed E-state index contributed by atoms with van der Waals surface area (Å²) < 4.78 is 0. The van der Waals surface area contributed by atoms with Gasteiger partial charge >= 0.3 is 0 Å². The first-order chi connectivity index (χ1) is 7.84. The lowest BCUT2D eigenvalue weighted by atomic mass is 9.89. The molecule has 0 spiro atoms. The highest BCUT2D eigenvalue weighted by Gasteiger charge is 2.24. The fourth-order valence-corrected chi connectivity index (χ4v) is 2.90. The van der Waals surface area contributed by atoms with Crippen LogP contribution in [0.15, 0.2) is 18.2 Å². The third kappa shape index (κ3) is 1.62. The Morgan fingerprint density at radius 2 is 2.00 bits per heavy atom. The lowest BCUT2D eigenvalue weighted by Crippen LogP contribution is -2.35. The Balaban J connectivity index is 1.91. The van der Waals surface area contributed by atoms with Crippen molar-refractivity contribution in [3.8, 4) is 0 Å². The smallest absolute Gasteiger partial charge is 0.227 e. The number of carbonyl (C=O) groups excluding carboxylic acids is 1. The summed E-state index contributed by atoms with van der Waals surface area (Å²) in [6, 6.07) is 6.64. The van der Waals surface area contributed by atoms with Gasteiger partial charge in [0.1, 0.15) is 0 Å². The maximum Gasteiger partial charge on any atom is 0.227 e. The summed E-state index contributed by atoms with van der Waals surface area (Å²) >= 11 is 0. The van der Waals surface area contributed by atoms with Crippen molar-refractivity contribution in [1.29, 1.82) is 0 Å². The average molecular weight is 215 g/mol. The van der Waals surface area contributed by atoms with Gasteiger partial charge in [-0.3, -0.25) is 4.79 Å². The molecule has 2 heteroatoms. The van der Waals surface area contributed by atoms with Crippen LogP contribution in [0.25, 0.3) is 0 Å². The van der Waals surface area contributed by atoms with Crippen LogP contribution in [0.5, 0.6) is 0 Å². The third-order valence-corrected chi connectivity index (χ3v) is 3.81. The van der Waals surface area contributed by atoms with Crippen LogP contribution in [0, 0.1) is 0 Å². The van der Waals surface area contributed by atoms with Crippen molar-refractivity contribution in [2.24, 2.45) is 0 Å². The van der Waals surface area contributed by atoms with E-state index in [-0.39, 0.29) is 11.8 Å². The number of benzene rings is 1. The standard InChI is InChI=1S/C14H17NO/c16-14-13(5-2-8-15-14)12-7-6-10-3-1-4-11(10)9-12/h6-7,9,13H,1-5,8H2,(H,15,16). The summed E-state index contributed by atoms with van der Waals surface area (Å²) in [4.78, 5) is 11.8. The molecule has 1 heterocycles. The second-order valence-corrected chi connectivity index (χ2v) is 4.87. The van der Waals surface area contributed by atoms with Crippen molar-refractivity contribution in [3.63, 3.8) is 0 Å². The minimum absolute atomic E-state index is 0.0969. The predicted molar refractivity (Wildman–Crippen MR) is 63.5 cm³/mol. The second kappa shape index (κ2) is 3.93. The van der Waals surface area contributed by atoms with Gasteiger partial charge < -0.3 is 5.32 Å². The fourth-order valence-electron chi connectivity index (χ4n) is 2.90. The van der Waals surface area contributed by atoms with Crippen LogP contribution in [0.3, 0.4) is 0 Å².